The number of para-hydroxylation sites is 1. The van der Waals surface area contributed by atoms with Crippen LogP contribution in [0, 0.1) is 0 Å². The van der Waals surface area contributed by atoms with Crippen LogP contribution < -0.4 is 15.0 Å². The van der Waals surface area contributed by atoms with E-state index < -0.39 is 0 Å². The molecule has 1 saturated heterocycles. The minimum absolute atomic E-state index is 0.145. The normalized spacial score (nSPS) is 13.3. The van der Waals surface area contributed by atoms with Gasteiger partial charge in [-0.25, -0.2) is 4.98 Å². The van der Waals surface area contributed by atoms with Crippen LogP contribution in [-0.2, 0) is 13.2 Å². The van der Waals surface area contributed by atoms with E-state index in [1.165, 1.54) is 12.8 Å². The van der Waals surface area contributed by atoms with E-state index in [4.69, 9.17) is 4.74 Å². The quantitative estimate of drug-likeness (QED) is 0.660. The maximum absolute atomic E-state index is 12.8. The lowest BCUT2D eigenvalue weighted by molar-refractivity contribution is 0.0946. The van der Waals surface area contributed by atoms with Crippen molar-refractivity contribution in [2.75, 3.05) is 18.0 Å². The maximum Gasteiger partial charge on any atom is 0.255 e. The number of hydrogen-bond acceptors (Lipinski definition) is 4. The van der Waals surface area contributed by atoms with Gasteiger partial charge in [0.25, 0.3) is 5.91 Å². The van der Waals surface area contributed by atoms with E-state index in [0.717, 1.165) is 30.0 Å². The minimum atomic E-state index is -0.145. The summed E-state index contributed by atoms with van der Waals surface area (Å²) in [4.78, 5) is 19.5. The first-order valence-electron chi connectivity index (χ1n) is 10.0. The molecule has 148 valence electrons. The van der Waals surface area contributed by atoms with Crippen LogP contribution in [0.25, 0.3) is 0 Å². The van der Waals surface area contributed by atoms with Gasteiger partial charge in [0.2, 0.25) is 0 Å². The molecule has 1 aliphatic rings. The van der Waals surface area contributed by atoms with Gasteiger partial charge in [-0.05, 0) is 48.2 Å². The summed E-state index contributed by atoms with van der Waals surface area (Å²) in [5.41, 5.74) is 2.64. The molecule has 0 aliphatic carbocycles. The van der Waals surface area contributed by atoms with E-state index in [-0.39, 0.29) is 5.91 Å². The summed E-state index contributed by atoms with van der Waals surface area (Å²) >= 11 is 0. The average molecular weight is 387 g/mol. The molecule has 0 radical (unpaired) electrons. The molecular formula is C24H25N3O2. The third kappa shape index (κ3) is 4.93. The molecule has 3 aromatic rings. The van der Waals surface area contributed by atoms with Crippen LogP contribution in [-0.4, -0.2) is 24.0 Å². The molecule has 1 aromatic heterocycles. The van der Waals surface area contributed by atoms with Crippen molar-refractivity contribution in [2.45, 2.75) is 26.0 Å². The van der Waals surface area contributed by atoms with Gasteiger partial charge < -0.3 is 15.0 Å². The van der Waals surface area contributed by atoms with Crippen LogP contribution in [0.2, 0.25) is 0 Å². The zero-order valence-electron chi connectivity index (χ0n) is 16.4. The van der Waals surface area contributed by atoms with Gasteiger partial charge in [0.05, 0.1) is 5.56 Å². The van der Waals surface area contributed by atoms with Gasteiger partial charge in [0.1, 0.15) is 18.2 Å². The lowest BCUT2D eigenvalue weighted by Crippen LogP contribution is -2.24. The molecule has 4 rings (SSSR count). The fourth-order valence-electron chi connectivity index (χ4n) is 3.48. The Morgan fingerprint density at radius 3 is 2.55 bits per heavy atom. The van der Waals surface area contributed by atoms with Crippen LogP contribution in [0.3, 0.4) is 0 Å². The Hall–Kier alpha value is -3.34. The first-order chi connectivity index (χ1) is 14.3. The largest absolute Gasteiger partial charge is 0.488 e. The monoisotopic (exact) mass is 387 g/mol. The minimum Gasteiger partial charge on any atom is -0.488 e. The van der Waals surface area contributed by atoms with Crippen LogP contribution in [0.4, 0.5) is 5.82 Å². The highest BCUT2D eigenvalue weighted by Gasteiger charge is 2.15. The number of benzene rings is 2. The summed E-state index contributed by atoms with van der Waals surface area (Å²) in [6.07, 6.45) is 4.23. The number of carbonyl (C=O) groups excluding carboxylic acids is 1. The Kier molecular flexibility index (Phi) is 6.05. The fraction of sp³-hybridized carbons (Fsp3) is 0.250. The number of pyridine rings is 1. The predicted molar refractivity (Wildman–Crippen MR) is 114 cm³/mol. The molecule has 1 aliphatic heterocycles. The number of aromatic nitrogens is 1. The fourth-order valence-corrected chi connectivity index (χ4v) is 3.48. The van der Waals surface area contributed by atoms with Crippen LogP contribution >= 0.6 is 0 Å². The van der Waals surface area contributed by atoms with Gasteiger partial charge >= 0.3 is 0 Å². The summed E-state index contributed by atoms with van der Waals surface area (Å²) in [5.74, 6) is 1.43. The molecule has 1 fully saturated rings. The van der Waals surface area contributed by atoms with Gasteiger partial charge in [-0.1, -0.05) is 42.5 Å². The van der Waals surface area contributed by atoms with Crippen molar-refractivity contribution in [3.05, 3.63) is 89.6 Å². The summed E-state index contributed by atoms with van der Waals surface area (Å²) in [7, 11) is 0. The van der Waals surface area contributed by atoms with Crippen molar-refractivity contribution in [1.82, 2.24) is 10.3 Å². The molecular weight excluding hydrogens is 362 g/mol. The Morgan fingerprint density at radius 1 is 0.966 bits per heavy atom. The van der Waals surface area contributed by atoms with Gasteiger partial charge in [-0.2, -0.15) is 0 Å². The Bertz CT molecular complexity index is 953. The maximum atomic E-state index is 12.8. The highest BCUT2D eigenvalue weighted by Crippen LogP contribution is 2.21. The van der Waals surface area contributed by atoms with Crippen molar-refractivity contribution >= 4 is 11.7 Å². The van der Waals surface area contributed by atoms with Crippen LogP contribution in [0.1, 0.15) is 34.3 Å². The van der Waals surface area contributed by atoms with Crippen molar-refractivity contribution in [1.29, 1.82) is 0 Å². The third-order valence-electron chi connectivity index (χ3n) is 5.06. The predicted octanol–water partition coefficient (Wildman–Crippen LogP) is 4.19. The zero-order valence-corrected chi connectivity index (χ0v) is 16.4. The Morgan fingerprint density at radius 2 is 1.72 bits per heavy atom. The van der Waals surface area contributed by atoms with Gasteiger partial charge in [0.15, 0.2) is 0 Å². The molecule has 0 bridgehead atoms. The van der Waals surface area contributed by atoms with E-state index in [1.807, 2.05) is 60.8 Å². The number of amides is 1. The van der Waals surface area contributed by atoms with E-state index in [2.05, 4.69) is 21.3 Å². The molecule has 1 N–H and O–H groups in total. The number of rotatable bonds is 7. The first-order valence-corrected chi connectivity index (χ1v) is 10.0. The Balaban J connectivity index is 1.39. The van der Waals surface area contributed by atoms with Gasteiger partial charge in [-0.15, -0.1) is 0 Å². The number of hydrogen-bond donors (Lipinski definition) is 1. The molecule has 2 heterocycles. The second-order valence-electron chi connectivity index (χ2n) is 7.17. The van der Waals surface area contributed by atoms with Crippen molar-refractivity contribution in [3.8, 4) is 5.75 Å². The van der Waals surface area contributed by atoms with Gasteiger partial charge in [-0.3, -0.25) is 4.79 Å². The molecule has 0 unspecified atom stereocenters. The number of ether oxygens (including phenoxy) is 1. The average Bonchev–Trinajstić information content (AvgIpc) is 3.32. The van der Waals surface area contributed by atoms with Crippen LogP contribution in [0.15, 0.2) is 72.9 Å². The van der Waals surface area contributed by atoms with Crippen molar-refractivity contribution in [2.24, 2.45) is 0 Å². The molecule has 0 saturated carbocycles. The smallest absolute Gasteiger partial charge is 0.255 e. The lowest BCUT2D eigenvalue weighted by Gasteiger charge is -2.17. The van der Waals surface area contributed by atoms with E-state index in [1.54, 1.807) is 6.07 Å². The number of carbonyl (C=O) groups is 1. The van der Waals surface area contributed by atoms with E-state index >= 15 is 0 Å². The SMILES string of the molecule is O=C(NCc1ccnc(N2CCCC2)c1)c1ccccc1OCc1ccccc1. The first kappa shape index (κ1) is 19.0. The third-order valence-corrected chi connectivity index (χ3v) is 5.06. The second kappa shape index (κ2) is 9.24. The summed E-state index contributed by atoms with van der Waals surface area (Å²) in [6, 6.07) is 21.3. The summed E-state index contributed by atoms with van der Waals surface area (Å²) < 4.78 is 5.91. The summed E-state index contributed by atoms with van der Waals surface area (Å²) in [6.45, 7) is 2.98. The molecule has 0 spiro atoms. The molecule has 2 aromatic carbocycles. The van der Waals surface area contributed by atoms with Crippen molar-refractivity contribution in [3.63, 3.8) is 0 Å². The summed E-state index contributed by atoms with van der Waals surface area (Å²) in [5, 5.41) is 3.01. The van der Waals surface area contributed by atoms with E-state index in [9.17, 15) is 4.79 Å². The molecule has 5 heteroatoms. The standard InChI is InChI=1S/C24H25N3O2/c28-24(26-17-20-12-13-25-23(16-20)27-14-6-7-15-27)21-10-4-5-11-22(21)29-18-19-8-2-1-3-9-19/h1-5,8-13,16H,6-7,14-15,17-18H2,(H,26,28). The molecule has 1 amide bonds. The van der Waals surface area contributed by atoms with E-state index in [0.29, 0.717) is 24.5 Å². The number of nitrogens with zero attached hydrogens (tertiary/aromatic N) is 2. The highest BCUT2D eigenvalue weighted by molar-refractivity contribution is 5.96. The molecule has 29 heavy (non-hydrogen) atoms. The number of anilines is 1. The van der Waals surface area contributed by atoms with Gasteiger partial charge in [0, 0.05) is 25.8 Å². The van der Waals surface area contributed by atoms with Crippen molar-refractivity contribution < 1.29 is 9.53 Å². The van der Waals surface area contributed by atoms with Crippen LogP contribution in [0.5, 0.6) is 5.75 Å². The Labute approximate surface area is 171 Å². The number of nitrogens with one attached hydrogen (secondary N) is 1. The topological polar surface area (TPSA) is 54.5 Å². The molecule has 5 nitrogen and oxygen atoms in total. The zero-order chi connectivity index (χ0) is 19.9. The highest BCUT2D eigenvalue weighted by atomic mass is 16.5. The second-order valence-corrected chi connectivity index (χ2v) is 7.17. The molecule has 0 atom stereocenters. The lowest BCUT2D eigenvalue weighted by atomic mass is 10.1.